The second kappa shape index (κ2) is 7.00. The molecule has 0 atom stereocenters. The smallest absolute Gasteiger partial charge is 0.152 e. The number of ketones is 1. The summed E-state index contributed by atoms with van der Waals surface area (Å²) in [7, 11) is -2.53. The van der Waals surface area contributed by atoms with Gasteiger partial charge in [-0.15, -0.1) is 0 Å². The summed E-state index contributed by atoms with van der Waals surface area (Å²) < 4.78 is 23.0. The molecular weight excluding hydrogens is 276 g/mol. The molecule has 0 radical (unpaired) electrons. The van der Waals surface area contributed by atoms with Gasteiger partial charge in [-0.25, -0.2) is 13.4 Å². The fraction of sp³-hybridized carbons (Fsp3) is 0.286. The number of Topliss-reactive ketones (excluding diaryl/α,β-unsaturated/α-hetero) is 1. The van der Waals surface area contributed by atoms with Gasteiger partial charge in [-0.3, -0.25) is 4.79 Å². The van der Waals surface area contributed by atoms with E-state index in [0.717, 1.165) is 5.56 Å². The molecule has 6 heteroatoms. The zero-order valence-electron chi connectivity index (χ0n) is 10.9. The van der Waals surface area contributed by atoms with Crippen LogP contribution in [0, 0.1) is 0 Å². The first-order valence-corrected chi connectivity index (χ1v) is 7.69. The van der Waals surface area contributed by atoms with Gasteiger partial charge in [-0.05, 0) is 12.0 Å². The first kappa shape index (κ1) is 14.5. The summed E-state index contributed by atoms with van der Waals surface area (Å²) in [5.74, 6) is 0.345. The third-order valence-corrected chi connectivity index (χ3v) is 3.50. The van der Waals surface area contributed by atoms with Crippen LogP contribution in [0.1, 0.15) is 17.8 Å². The Morgan fingerprint density at radius 1 is 1.20 bits per heavy atom. The maximum atomic E-state index is 11.9. The Hall–Kier alpha value is -1.95. The second-order valence-electron chi connectivity index (χ2n) is 4.49. The number of aryl methyl sites for hydroxylation is 1. The van der Waals surface area contributed by atoms with E-state index >= 15 is 0 Å². The fourth-order valence-electron chi connectivity index (χ4n) is 1.95. The maximum Gasteiger partial charge on any atom is 0.152 e. The van der Waals surface area contributed by atoms with Gasteiger partial charge >= 0.3 is 0 Å². The van der Waals surface area contributed by atoms with Gasteiger partial charge in [0.2, 0.25) is 0 Å². The van der Waals surface area contributed by atoms with Crippen molar-refractivity contribution in [1.82, 2.24) is 9.55 Å². The van der Waals surface area contributed by atoms with E-state index in [2.05, 4.69) is 4.98 Å². The lowest BCUT2D eigenvalue weighted by Crippen LogP contribution is -2.13. The molecule has 0 saturated heterocycles. The van der Waals surface area contributed by atoms with Crippen molar-refractivity contribution in [3.05, 3.63) is 54.1 Å². The maximum absolute atomic E-state index is 11.9. The quantitative estimate of drug-likeness (QED) is 0.779. The highest BCUT2D eigenvalue weighted by atomic mass is 32.2. The molecule has 2 rings (SSSR count). The molecule has 1 aromatic heterocycles. The summed E-state index contributed by atoms with van der Waals surface area (Å²) in [6.45, 7) is 0.172. The first-order valence-electron chi connectivity index (χ1n) is 6.32. The minimum atomic E-state index is -2.53. The van der Waals surface area contributed by atoms with Crippen LogP contribution < -0.4 is 0 Å². The molecule has 0 saturated carbocycles. The minimum absolute atomic E-state index is 0.0641. The average Bonchev–Trinajstić information content (AvgIpc) is 2.84. The Bertz CT molecular complexity index is 639. The number of aromatic nitrogens is 2. The van der Waals surface area contributed by atoms with Crippen LogP contribution >= 0.6 is 0 Å². The largest absolute Gasteiger partial charge is 0.327 e. The van der Waals surface area contributed by atoms with Gasteiger partial charge in [0, 0.05) is 18.8 Å². The molecule has 1 aromatic carbocycles. The van der Waals surface area contributed by atoms with E-state index < -0.39 is 10.7 Å². The Balaban J connectivity index is 1.90. The van der Waals surface area contributed by atoms with E-state index in [4.69, 9.17) is 0 Å². The molecule has 5 nitrogen and oxygen atoms in total. The number of rotatable bonds is 7. The molecular formula is C14H16N2O3S. The highest BCUT2D eigenvalue weighted by molar-refractivity contribution is 7.71. The van der Waals surface area contributed by atoms with Crippen LogP contribution in [0.15, 0.2) is 42.7 Å². The summed E-state index contributed by atoms with van der Waals surface area (Å²) in [6.07, 6.45) is 4.28. The fourth-order valence-corrected chi connectivity index (χ4v) is 2.44. The molecule has 0 bridgehead atoms. The van der Waals surface area contributed by atoms with Crippen LogP contribution in [-0.4, -0.2) is 23.8 Å². The molecule has 20 heavy (non-hydrogen) atoms. The summed E-state index contributed by atoms with van der Waals surface area (Å²) in [5, 5.41) is 0. The predicted octanol–water partition coefficient (Wildman–Crippen LogP) is 1.20. The summed E-state index contributed by atoms with van der Waals surface area (Å²) in [6, 6.07) is 9.79. The molecule has 0 unspecified atom stereocenters. The van der Waals surface area contributed by atoms with Crippen molar-refractivity contribution >= 4 is 16.5 Å². The number of hydrogen-bond acceptors (Lipinski definition) is 4. The molecule has 2 aromatic rings. The summed E-state index contributed by atoms with van der Waals surface area (Å²) in [5.41, 5.74) is 1.12. The number of thiol groups is 1. The number of hydrogen-bond donors (Lipinski definition) is 1. The van der Waals surface area contributed by atoms with Crippen molar-refractivity contribution in [2.45, 2.75) is 25.1 Å². The molecule has 0 aliphatic carbocycles. The van der Waals surface area contributed by atoms with E-state index in [9.17, 15) is 13.2 Å². The first-order chi connectivity index (χ1) is 9.65. The van der Waals surface area contributed by atoms with Gasteiger partial charge in [0.25, 0.3) is 0 Å². The van der Waals surface area contributed by atoms with Crippen LogP contribution in [0.3, 0.4) is 0 Å². The number of nitrogens with zero attached hydrogens (tertiary/aromatic N) is 2. The van der Waals surface area contributed by atoms with Crippen LogP contribution in [0.25, 0.3) is 0 Å². The molecule has 1 heterocycles. The van der Waals surface area contributed by atoms with Crippen LogP contribution in [0.5, 0.6) is 0 Å². The normalized spacial score (nSPS) is 10.8. The van der Waals surface area contributed by atoms with E-state index in [0.29, 0.717) is 18.7 Å². The number of benzene rings is 1. The lowest BCUT2D eigenvalue weighted by Gasteiger charge is -2.05. The van der Waals surface area contributed by atoms with Gasteiger partial charge in [0.1, 0.15) is 22.3 Å². The summed E-state index contributed by atoms with van der Waals surface area (Å²) in [4.78, 5) is 15.9. The van der Waals surface area contributed by atoms with Crippen LogP contribution in [0.2, 0.25) is 0 Å². The zero-order valence-corrected chi connectivity index (χ0v) is 11.8. The van der Waals surface area contributed by atoms with Gasteiger partial charge in [-0.1, -0.05) is 30.3 Å². The van der Waals surface area contributed by atoms with Crippen molar-refractivity contribution < 1.29 is 13.2 Å². The highest BCUT2D eigenvalue weighted by Gasteiger charge is 2.08. The van der Waals surface area contributed by atoms with Crippen molar-refractivity contribution in [3.8, 4) is 0 Å². The highest BCUT2D eigenvalue weighted by Crippen LogP contribution is 2.05. The molecule has 0 spiro atoms. The Morgan fingerprint density at radius 2 is 1.95 bits per heavy atom. The van der Waals surface area contributed by atoms with Crippen LogP contribution in [0.4, 0.5) is 0 Å². The van der Waals surface area contributed by atoms with Crippen molar-refractivity contribution in [1.29, 1.82) is 0 Å². The second-order valence-corrected chi connectivity index (χ2v) is 5.47. The Labute approximate surface area is 119 Å². The van der Waals surface area contributed by atoms with Crippen molar-refractivity contribution in [2.24, 2.45) is 0 Å². The number of carbonyl (C=O) groups is 1. The standard InChI is InChI=1S/C14H16N2O3S/c17-13(7-6-12-4-2-1-3-5-12)10-16-9-8-15-14(16)11-20(18)19/h1-5,8-9,20H,6-7,10-11H2. The van der Waals surface area contributed by atoms with Gasteiger partial charge < -0.3 is 4.57 Å². The van der Waals surface area contributed by atoms with E-state index in [1.165, 1.54) is 6.20 Å². The molecule has 0 aliphatic rings. The molecule has 0 amide bonds. The van der Waals surface area contributed by atoms with Crippen molar-refractivity contribution in [2.75, 3.05) is 0 Å². The summed E-state index contributed by atoms with van der Waals surface area (Å²) >= 11 is 0. The van der Waals surface area contributed by atoms with E-state index in [1.807, 2.05) is 30.3 Å². The molecule has 106 valence electrons. The predicted molar refractivity (Wildman–Crippen MR) is 76.0 cm³/mol. The monoisotopic (exact) mass is 292 g/mol. The van der Waals surface area contributed by atoms with E-state index in [-0.39, 0.29) is 18.1 Å². The van der Waals surface area contributed by atoms with Crippen molar-refractivity contribution in [3.63, 3.8) is 0 Å². The zero-order chi connectivity index (χ0) is 14.4. The minimum Gasteiger partial charge on any atom is -0.327 e. The molecule has 0 aliphatic heterocycles. The Morgan fingerprint density at radius 3 is 2.65 bits per heavy atom. The van der Waals surface area contributed by atoms with E-state index in [1.54, 1.807) is 10.8 Å². The third kappa shape index (κ3) is 4.31. The Kier molecular flexibility index (Phi) is 5.06. The number of imidazole rings is 1. The third-order valence-electron chi connectivity index (χ3n) is 2.95. The van der Waals surface area contributed by atoms with Gasteiger partial charge in [0.05, 0.1) is 6.54 Å². The lowest BCUT2D eigenvalue weighted by molar-refractivity contribution is -0.119. The lowest BCUT2D eigenvalue weighted by atomic mass is 10.1. The average molecular weight is 292 g/mol. The SMILES string of the molecule is O=C(CCc1ccccc1)Cn1ccnc1C[SH](=O)=O. The topological polar surface area (TPSA) is 69.0 Å². The van der Waals surface area contributed by atoms with Gasteiger partial charge in [-0.2, -0.15) is 0 Å². The van der Waals surface area contributed by atoms with Crippen LogP contribution in [-0.2, 0) is 34.2 Å². The number of carbonyl (C=O) groups excluding carboxylic acids is 1. The molecule has 0 N–H and O–H groups in total. The van der Waals surface area contributed by atoms with Gasteiger partial charge in [0.15, 0.2) is 5.78 Å². The molecule has 0 fully saturated rings.